The monoisotopic (exact) mass is 402 g/mol. The summed E-state index contributed by atoms with van der Waals surface area (Å²) in [4.78, 5) is 12.4. The van der Waals surface area contributed by atoms with E-state index < -0.39 is 10.0 Å². The lowest BCUT2D eigenvalue weighted by Gasteiger charge is -2.27. The predicted octanol–water partition coefficient (Wildman–Crippen LogP) is 3.68. The Bertz CT molecular complexity index is 893. The Balaban J connectivity index is 1.92. The van der Waals surface area contributed by atoms with Crippen LogP contribution in [0.25, 0.3) is 0 Å². The zero-order valence-corrected chi connectivity index (χ0v) is 17.9. The number of nitrogens with zero attached hydrogens (tertiary/aromatic N) is 1. The molecule has 2 aromatic carbocycles. The summed E-state index contributed by atoms with van der Waals surface area (Å²) in [5.74, 6) is -0.0707. The van der Waals surface area contributed by atoms with E-state index in [-0.39, 0.29) is 24.4 Å². The predicted molar refractivity (Wildman–Crippen MR) is 115 cm³/mol. The first-order chi connectivity index (χ1) is 13.1. The highest BCUT2D eigenvalue weighted by molar-refractivity contribution is 7.92. The van der Waals surface area contributed by atoms with Gasteiger partial charge in [0.05, 0.1) is 11.9 Å². The maximum atomic E-state index is 12.4. The van der Waals surface area contributed by atoms with Crippen LogP contribution in [-0.2, 0) is 21.2 Å². The van der Waals surface area contributed by atoms with E-state index in [2.05, 4.69) is 5.32 Å². The fraction of sp³-hybridized carbons (Fsp3) is 0.409. The number of hydrogen-bond donors (Lipinski definition) is 1. The molecule has 5 nitrogen and oxygen atoms in total. The van der Waals surface area contributed by atoms with Crippen molar-refractivity contribution in [1.82, 2.24) is 5.32 Å². The Hall–Kier alpha value is -2.34. The van der Waals surface area contributed by atoms with Crippen molar-refractivity contribution in [2.75, 3.05) is 17.1 Å². The first-order valence-electron chi connectivity index (χ1n) is 9.46. The first-order valence-corrected chi connectivity index (χ1v) is 11.3. The summed E-state index contributed by atoms with van der Waals surface area (Å²) in [7, 11) is -3.41. The van der Waals surface area contributed by atoms with Crippen LogP contribution < -0.4 is 9.62 Å². The van der Waals surface area contributed by atoms with E-state index in [1.807, 2.05) is 69.3 Å². The van der Waals surface area contributed by atoms with Crippen molar-refractivity contribution in [1.29, 1.82) is 0 Å². The molecule has 0 spiro atoms. The van der Waals surface area contributed by atoms with E-state index in [1.165, 1.54) is 10.6 Å². The molecule has 1 N–H and O–H groups in total. The Morgan fingerprint density at radius 3 is 2.36 bits per heavy atom. The lowest BCUT2D eigenvalue weighted by molar-refractivity contribution is -0.122. The minimum atomic E-state index is -3.41. The van der Waals surface area contributed by atoms with Gasteiger partial charge in [-0.1, -0.05) is 42.5 Å². The van der Waals surface area contributed by atoms with Crippen molar-refractivity contribution >= 4 is 21.6 Å². The molecule has 0 aliphatic heterocycles. The molecule has 2 aromatic rings. The van der Waals surface area contributed by atoms with Crippen molar-refractivity contribution in [3.05, 3.63) is 65.7 Å². The van der Waals surface area contributed by atoms with Crippen LogP contribution in [-0.4, -0.2) is 32.7 Å². The highest BCUT2D eigenvalue weighted by Gasteiger charge is 2.22. The van der Waals surface area contributed by atoms with Crippen LogP contribution in [0.5, 0.6) is 0 Å². The largest absolute Gasteiger partial charge is 0.351 e. The maximum absolute atomic E-state index is 12.4. The summed E-state index contributed by atoms with van der Waals surface area (Å²) in [5, 5.41) is 3.06. The number of rotatable bonds is 9. The van der Waals surface area contributed by atoms with E-state index in [0.29, 0.717) is 12.1 Å². The molecular formula is C22H30N2O3S. The number of aryl methyl sites for hydroxylation is 1. The van der Waals surface area contributed by atoms with Gasteiger partial charge >= 0.3 is 0 Å². The van der Waals surface area contributed by atoms with Gasteiger partial charge in [0.2, 0.25) is 15.9 Å². The SMILES string of the molecule is Cc1cccc(N(CCCC(=O)NC(C)(C)Cc2ccccc2)S(C)(=O)=O)c1. The number of benzene rings is 2. The Labute approximate surface area is 168 Å². The zero-order chi connectivity index (χ0) is 20.8. The molecule has 0 aliphatic rings. The molecule has 0 unspecified atom stereocenters. The topological polar surface area (TPSA) is 66.5 Å². The van der Waals surface area contributed by atoms with E-state index in [1.54, 1.807) is 6.07 Å². The van der Waals surface area contributed by atoms with E-state index in [4.69, 9.17) is 0 Å². The fourth-order valence-corrected chi connectivity index (χ4v) is 4.20. The van der Waals surface area contributed by atoms with Gasteiger partial charge in [0.25, 0.3) is 0 Å². The Morgan fingerprint density at radius 2 is 1.75 bits per heavy atom. The number of carbonyl (C=O) groups excluding carboxylic acids is 1. The van der Waals surface area contributed by atoms with Crippen LogP contribution in [0.1, 0.15) is 37.8 Å². The maximum Gasteiger partial charge on any atom is 0.232 e. The standard InChI is InChI=1S/C22H30N2O3S/c1-18-10-8-13-20(16-18)24(28(4,26)27)15-9-14-21(25)23-22(2,3)17-19-11-6-5-7-12-19/h5-8,10-13,16H,9,14-15,17H2,1-4H3,(H,23,25). The molecule has 0 atom stereocenters. The molecular weight excluding hydrogens is 372 g/mol. The van der Waals surface area contributed by atoms with Gasteiger partial charge in [-0.2, -0.15) is 0 Å². The highest BCUT2D eigenvalue weighted by atomic mass is 32.2. The number of hydrogen-bond acceptors (Lipinski definition) is 3. The quantitative estimate of drug-likeness (QED) is 0.696. The zero-order valence-electron chi connectivity index (χ0n) is 17.1. The van der Waals surface area contributed by atoms with Gasteiger partial charge in [-0.3, -0.25) is 9.10 Å². The molecule has 0 aromatic heterocycles. The van der Waals surface area contributed by atoms with Crippen LogP contribution in [0.3, 0.4) is 0 Å². The molecule has 0 fully saturated rings. The third-order valence-electron chi connectivity index (χ3n) is 4.42. The summed E-state index contributed by atoms with van der Waals surface area (Å²) in [6.45, 7) is 6.18. The van der Waals surface area contributed by atoms with Gasteiger partial charge in [0.1, 0.15) is 0 Å². The summed E-state index contributed by atoms with van der Waals surface area (Å²) >= 11 is 0. The van der Waals surface area contributed by atoms with Crippen LogP contribution in [0.2, 0.25) is 0 Å². The summed E-state index contributed by atoms with van der Waals surface area (Å²) in [6, 6.07) is 17.4. The second-order valence-electron chi connectivity index (χ2n) is 7.87. The molecule has 6 heteroatoms. The van der Waals surface area contributed by atoms with Crippen LogP contribution in [0.4, 0.5) is 5.69 Å². The highest BCUT2D eigenvalue weighted by Crippen LogP contribution is 2.20. The van der Waals surface area contributed by atoms with E-state index in [9.17, 15) is 13.2 Å². The number of amides is 1. The molecule has 0 radical (unpaired) electrons. The second kappa shape index (κ2) is 9.24. The van der Waals surface area contributed by atoms with Gasteiger partial charge in [-0.05, 0) is 56.9 Å². The van der Waals surface area contributed by atoms with E-state index >= 15 is 0 Å². The van der Waals surface area contributed by atoms with Crippen molar-refractivity contribution < 1.29 is 13.2 Å². The molecule has 28 heavy (non-hydrogen) atoms. The van der Waals surface area contributed by atoms with Crippen LogP contribution >= 0.6 is 0 Å². The average Bonchev–Trinajstić information content (AvgIpc) is 2.57. The molecule has 0 saturated heterocycles. The number of anilines is 1. The first kappa shape index (κ1) is 22.0. The third kappa shape index (κ3) is 7.00. The molecule has 0 aliphatic carbocycles. The van der Waals surface area contributed by atoms with Crippen molar-refractivity contribution in [3.8, 4) is 0 Å². The van der Waals surface area contributed by atoms with Gasteiger partial charge < -0.3 is 5.32 Å². The minimum absolute atomic E-state index is 0.0707. The van der Waals surface area contributed by atoms with Gasteiger partial charge in [-0.15, -0.1) is 0 Å². The lowest BCUT2D eigenvalue weighted by atomic mass is 9.94. The smallest absolute Gasteiger partial charge is 0.232 e. The molecule has 0 heterocycles. The van der Waals surface area contributed by atoms with Gasteiger partial charge in [0.15, 0.2) is 0 Å². The minimum Gasteiger partial charge on any atom is -0.351 e. The van der Waals surface area contributed by atoms with E-state index in [0.717, 1.165) is 17.5 Å². The summed E-state index contributed by atoms with van der Waals surface area (Å²) in [5.41, 5.74) is 2.42. The van der Waals surface area contributed by atoms with Crippen molar-refractivity contribution in [3.63, 3.8) is 0 Å². The van der Waals surface area contributed by atoms with Crippen molar-refractivity contribution in [2.24, 2.45) is 0 Å². The number of sulfonamides is 1. The number of carbonyl (C=O) groups is 1. The normalized spacial score (nSPS) is 11.9. The molecule has 2 rings (SSSR count). The summed E-state index contributed by atoms with van der Waals surface area (Å²) < 4.78 is 25.7. The molecule has 0 bridgehead atoms. The van der Waals surface area contributed by atoms with Gasteiger partial charge in [0, 0.05) is 18.5 Å². The molecule has 152 valence electrons. The fourth-order valence-electron chi connectivity index (χ4n) is 3.24. The lowest BCUT2D eigenvalue weighted by Crippen LogP contribution is -2.45. The van der Waals surface area contributed by atoms with Crippen molar-refractivity contribution in [2.45, 2.75) is 45.6 Å². The van der Waals surface area contributed by atoms with Crippen LogP contribution in [0, 0.1) is 6.92 Å². The average molecular weight is 403 g/mol. The van der Waals surface area contributed by atoms with Crippen LogP contribution in [0.15, 0.2) is 54.6 Å². The van der Waals surface area contributed by atoms with Gasteiger partial charge in [-0.25, -0.2) is 8.42 Å². The summed E-state index contributed by atoms with van der Waals surface area (Å²) in [6.07, 6.45) is 2.65. The Morgan fingerprint density at radius 1 is 1.07 bits per heavy atom. The second-order valence-corrected chi connectivity index (χ2v) is 9.78. The number of nitrogens with one attached hydrogen (secondary N) is 1. The third-order valence-corrected chi connectivity index (χ3v) is 5.62. The molecule has 0 saturated carbocycles. The molecule has 1 amide bonds. The Kier molecular flexibility index (Phi) is 7.24.